The molecule has 2 heteroatoms. The Morgan fingerprint density at radius 1 is 0.217 bits per heavy atom. The molecule has 2 nitrogen and oxygen atoms in total. The van der Waals surface area contributed by atoms with E-state index < -0.39 is 5.41 Å². The van der Waals surface area contributed by atoms with E-state index in [0.717, 1.165) is 11.4 Å². The van der Waals surface area contributed by atoms with E-state index in [1.807, 2.05) is 0 Å². The molecule has 2 heterocycles. The summed E-state index contributed by atoms with van der Waals surface area (Å²) in [5, 5.41) is 4.97. The Balaban J connectivity index is 0.974. The number of para-hydroxylation sites is 4. The second-order valence-corrected chi connectivity index (χ2v) is 18.8. The lowest BCUT2D eigenvalue weighted by Crippen LogP contribution is -2.25. The fourth-order valence-electron chi connectivity index (χ4n) is 12.4. The molecule has 69 heavy (non-hydrogen) atoms. The summed E-state index contributed by atoms with van der Waals surface area (Å²) < 4.78 is 4.80. The van der Waals surface area contributed by atoms with Crippen LogP contribution in [-0.2, 0) is 5.41 Å². The lowest BCUT2D eigenvalue weighted by Gasteiger charge is -2.30. The van der Waals surface area contributed by atoms with Crippen molar-refractivity contribution in [2.24, 2.45) is 0 Å². The normalized spacial score (nSPS) is 13.0. The molecule has 2 aliphatic rings. The Hall–Kier alpha value is -8.98. The van der Waals surface area contributed by atoms with Crippen molar-refractivity contribution >= 4 is 43.6 Å². The zero-order chi connectivity index (χ0) is 45.2. The number of benzene rings is 11. The van der Waals surface area contributed by atoms with Crippen LogP contribution in [0.15, 0.2) is 255 Å². The molecule has 0 fully saturated rings. The molecule has 15 rings (SSSR count). The van der Waals surface area contributed by atoms with Crippen LogP contribution in [0.25, 0.3) is 111 Å². The topological polar surface area (TPSA) is 9.86 Å². The van der Waals surface area contributed by atoms with E-state index in [1.165, 1.54) is 122 Å². The fourth-order valence-corrected chi connectivity index (χ4v) is 12.4. The Morgan fingerprint density at radius 2 is 0.565 bits per heavy atom. The Kier molecular flexibility index (Phi) is 8.02. The first-order valence-corrected chi connectivity index (χ1v) is 24.0. The molecular formula is C67H42N2. The minimum atomic E-state index is -0.425. The molecule has 0 atom stereocenters. The van der Waals surface area contributed by atoms with Crippen LogP contribution in [0, 0.1) is 0 Å². The highest BCUT2D eigenvalue weighted by atomic mass is 15.0. The lowest BCUT2D eigenvalue weighted by molar-refractivity contribution is 0.794. The van der Waals surface area contributed by atoms with Crippen LogP contribution in [0.5, 0.6) is 0 Å². The first-order valence-electron chi connectivity index (χ1n) is 24.0. The summed E-state index contributed by atoms with van der Waals surface area (Å²) in [5.41, 5.74) is 24.5. The van der Waals surface area contributed by atoms with Gasteiger partial charge in [-0.25, -0.2) is 0 Å². The molecule has 2 aromatic heterocycles. The zero-order valence-corrected chi connectivity index (χ0v) is 37.6. The van der Waals surface area contributed by atoms with Gasteiger partial charge in [-0.05, 0) is 163 Å². The molecule has 0 N–H and O–H groups in total. The summed E-state index contributed by atoms with van der Waals surface area (Å²) in [5.74, 6) is 0. The van der Waals surface area contributed by atoms with E-state index in [2.05, 4.69) is 264 Å². The van der Waals surface area contributed by atoms with Crippen LogP contribution in [0.1, 0.15) is 22.3 Å². The van der Waals surface area contributed by atoms with E-state index in [9.17, 15) is 0 Å². The van der Waals surface area contributed by atoms with Gasteiger partial charge >= 0.3 is 0 Å². The maximum Gasteiger partial charge on any atom is 0.0725 e. The van der Waals surface area contributed by atoms with Gasteiger partial charge in [-0.3, -0.25) is 0 Å². The number of fused-ring (bicyclic) bond motifs is 16. The SMILES string of the molecule is c1ccc(-n2c3ccccc3c3cc(-c4cc(-c5ccc6c(c5)C5(c7ccccc7-c7ccccc75)c5ccccc5-6)cc(-c5ccc6c(c5)c5ccccc5n6-c5ccccc5)c4)ccc32)cc1. The van der Waals surface area contributed by atoms with Gasteiger partial charge in [0.05, 0.1) is 27.5 Å². The smallest absolute Gasteiger partial charge is 0.0725 e. The Morgan fingerprint density at radius 3 is 1.03 bits per heavy atom. The molecular weight excluding hydrogens is 833 g/mol. The third-order valence-corrected chi connectivity index (χ3v) is 15.3. The van der Waals surface area contributed by atoms with Crippen LogP contribution in [0.3, 0.4) is 0 Å². The number of rotatable bonds is 5. The number of aromatic nitrogens is 2. The van der Waals surface area contributed by atoms with Crippen molar-refractivity contribution in [3.63, 3.8) is 0 Å². The lowest BCUT2D eigenvalue weighted by atomic mass is 9.70. The maximum absolute atomic E-state index is 2.52. The van der Waals surface area contributed by atoms with Crippen molar-refractivity contribution in [3.05, 3.63) is 277 Å². The van der Waals surface area contributed by atoms with E-state index in [4.69, 9.17) is 0 Å². The zero-order valence-electron chi connectivity index (χ0n) is 37.6. The molecule has 0 amide bonds. The van der Waals surface area contributed by atoms with Crippen molar-refractivity contribution in [3.8, 4) is 67.0 Å². The van der Waals surface area contributed by atoms with Crippen molar-refractivity contribution in [1.82, 2.24) is 9.13 Å². The molecule has 13 aromatic rings. The quantitative estimate of drug-likeness (QED) is 0.163. The van der Waals surface area contributed by atoms with Gasteiger partial charge in [0.25, 0.3) is 0 Å². The van der Waals surface area contributed by atoms with Gasteiger partial charge in [0.1, 0.15) is 0 Å². The molecule has 0 aliphatic heterocycles. The van der Waals surface area contributed by atoms with Gasteiger partial charge in [-0.2, -0.15) is 0 Å². The minimum absolute atomic E-state index is 0.425. The minimum Gasteiger partial charge on any atom is -0.309 e. The van der Waals surface area contributed by atoms with E-state index in [0.29, 0.717) is 0 Å². The highest BCUT2D eigenvalue weighted by molar-refractivity contribution is 6.12. The second kappa shape index (κ2) is 14.5. The average Bonchev–Trinajstić information content (AvgIpc) is 4.13. The first-order chi connectivity index (χ1) is 34.2. The molecule has 0 radical (unpaired) electrons. The maximum atomic E-state index is 2.52. The average molecular weight is 875 g/mol. The summed E-state index contributed by atoms with van der Waals surface area (Å²) in [6.07, 6.45) is 0. The molecule has 1 spiro atoms. The molecule has 0 saturated carbocycles. The second-order valence-electron chi connectivity index (χ2n) is 18.8. The molecule has 0 saturated heterocycles. The van der Waals surface area contributed by atoms with Crippen molar-refractivity contribution in [2.75, 3.05) is 0 Å². The van der Waals surface area contributed by atoms with Gasteiger partial charge in [0, 0.05) is 32.9 Å². The Bertz CT molecular complexity index is 4010. The fraction of sp³-hybridized carbons (Fsp3) is 0.0149. The number of nitrogens with zero attached hydrogens (tertiary/aromatic N) is 2. The standard InChI is InChI=1S/C67H42N2/c1-3-17-49(18-4-1)68-63-29-15-10-24-55(63)57-40-43(32-35-65(57)68)46-37-47(44-33-36-66-58(41-44)56-25-11-16-30-64(56)69(66)50-19-5-2-6-20-50)39-48(38-46)45-31-34-54-53-23-9-14-28-61(53)67(62(54)42-45)59-26-12-7-21-51(59)52-22-8-13-27-60(52)67/h1-42H. The first kappa shape index (κ1) is 38.2. The van der Waals surface area contributed by atoms with Crippen molar-refractivity contribution in [2.45, 2.75) is 5.41 Å². The molecule has 2 aliphatic carbocycles. The van der Waals surface area contributed by atoms with Gasteiger partial charge in [0.15, 0.2) is 0 Å². The van der Waals surface area contributed by atoms with Gasteiger partial charge < -0.3 is 9.13 Å². The van der Waals surface area contributed by atoms with Crippen molar-refractivity contribution < 1.29 is 0 Å². The molecule has 11 aromatic carbocycles. The summed E-state index contributed by atoms with van der Waals surface area (Å²) in [6.45, 7) is 0. The predicted molar refractivity (Wildman–Crippen MR) is 288 cm³/mol. The monoisotopic (exact) mass is 874 g/mol. The van der Waals surface area contributed by atoms with Gasteiger partial charge in [0.2, 0.25) is 0 Å². The summed E-state index contributed by atoms with van der Waals surface area (Å²) >= 11 is 0. The van der Waals surface area contributed by atoms with Crippen LogP contribution >= 0.6 is 0 Å². The van der Waals surface area contributed by atoms with Crippen LogP contribution in [0.4, 0.5) is 0 Å². The predicted octanol–water partition coefficient (Wildman–Crippen LogP) is 17.2. The highest BCUT2D eigenvalue weighted by Crippen LogP contribution is 2.63. The van der Waals surface area contributed by atoms with Crippen LogP contribution in [-0.4, -0.2) is 9.13 Å². The largest absolute Gasteiger partial charge is 0.309 e. The Labute approximate surface area is 400 Å². The summed E-state index contributed by atoms with van der Waals surface area (Å²) in [6, 6.07) is 95.0. The number of hydrogen-bond donors (Lipinski definition) is 0. The molecule has 0 bridgehead atoms. The van der Waals surface area contributed by atoms with Gasteiger partial charge in [-0.15, -0.1) is 0 Å². The number of hydrogen-bond acceptors (Lipinski definition) is 0. The summed E-state index contributed by atoms with van der Waals surface area (Å²) in [7, 11) is 0. The van der Waals surface area contributed by atoms with Gasteiger partial charge in [-0.1, -0.05) is 170 Å². The molecule has 320 valence electrons. The molecule has 0 unspecified atom stereocenters. The third kappa shape index (κ3) is 5.37. The highest BCUT2D eigenvalue weighted by Gasteiger charge is 2.51. The summed E-state index contributed by atoms with van der Waals surface area (Å²) in [4.78, 5) is 0. The van der Waals surface area contributed by atoms with E-state index in [-0.39, 0.29) is 0 Å². The third-order valence-electron chi connectivity index (χ3n) is 15.3. The van der Waals surface area contributed by atoms with E-state index >= 15 is 0 Å². The van der Waals surface area contributed by atoms with Crippen LogP contribution in [0.2, 0.25) is 0 Å². The van der Waals surface area contributed by atoms with Crippen molar-refractivity contribution in [1.29, 1.82) is 0 Å². The van der Waals surface area contributed by atoms with E-state index in [1.54, 1.807) is 0 Å². The van der Waals surface area contributed by atoms with Crippen LogP contribution < -0.4 is 0 Å².